The molecular formula is C14H12BrCl2NOS. The molecule has 0 aliphatic rings. The zero-order valence-electron chi connectivity index (χ0n) is 10.6. The van der Waals surface area contributed by atoms with Crippen molar-refractivity contribution in [3.8, 4) is 0 Å². The van der Waals surface area contributed by atoms with Crippen LogP contribution in [-0.4, -0.2) is 11.2 Å². The maximum atomic E-state index is 12.4. The third-order valence-electron chi connectivity index (χ3n) is 2.97. The minimum atomic E-state index is -0.518. The van der Waals surface area contributed by atoms with E-state index < -0.39 is 5.54 Å². The summed E-state index contributed by atoms with van der Waals surface area (Å²) in [5, 5.41) is 3.60. The summed E-state index contributed by atoms with van der Waals surface area (Å²) < 4.78 is 0.901. The van der Waals surface area contributed by atoms with Crippen molar-refractivity contribution >= 4 is 56.4 Å². The van der Waals surface area contributed by atoms with E-state index in [-0.39, 0.29) is 5.91 Å². The second-order valence-corrected chi connectivity index (χ2v) is 7.37. The highest BCUT2D eigenvalue weighted by Crippen LogP contribution is 2.32. The van der Waals surface area contributed by atoms with Crippen LogP contribution < -0.4 is 5.32 Å². The number of nitrogens with one attached hydrogen (secondary N) is 1. The van der Waals surface area contributed by atoms with Crippen LogP contribution in [0.4, 0.5) is 0 Å². The third kappa shape index (κ3) is 3.37. The van der Waals surface area contributed by atoms with Crippen molar-refractivity contribution in [2.75, 3.05) is 5.33 Å². The molecule has 0 bridgehead atoms. The molecule has 2 rings (SSSR count). The van der Waals surface area contributed by atoms with E-state index in [1.807, 2.05) is 37.3 Å². The molecule has 106 valence electrons. The number of thiophene rings is 1. The Labute approximate surface area is 140 Å². The molecule has 2 nitrogen and oxygen atoms in total. The summed E-state index contributed by atoms with van der Waals surface area (Å²) in [6.07, 6.45) is 0. The number of carbonyl (C=O) groups excluding carboxylic acids is 1. The number of halogens is 3. The van der Waals surface area contributed by atoms with Crippen LogP contribution in [0.15, 0.2) is 36.4 Å². The Morgan fingerprint density at radius 2 is 2.00 bits per heavy atom. The smallest absolute Gasteiger partial charge is 0.254 e. The van der Waals surface area contributed by atoms with E-state index in [9.17, 15) is 4.79 Å². The van der Waals surface area contributed by atoms with Crippen LogP contribution in [-0.2, 0) is 5.54 Å². The van der Waals surface area contributed by atoms with Crippen LogP contribution in [0.25, 0.3) is 0 Å². The fourth-order valence-electron chi connectivity index (χ4n) is 1.80. The summed E-state index contributed by atoms with van der Waals surface area (Å²) >= 11 is 16.5. The zero-order chi connectivity index (χ0) is 14.8. The number of benzene rings is 1. The van der Waals surface area contributed by atoms with Gasteiger partial charge in [0.1, 0.15) is 4.34 Å². The third-order valence-corrected chi connectivity index (χ3v) is 5.58. The molecule has 6 heteroatoms. The lowest BCUT2D eigenvalue weighted by atomic mass is 9.94. The first kappa shape index (κ1) is 15.8. The summed E-state index contributed by atoms with van der Waals surface area (Å²) in [7, 11) is 0. The summed E-state index contributed by atoms with van der Waals surface area (Å²) in [4.78, 5) is 12.4. The molecule has 0 spiro atoms. The topological polar surface area (TPSA) is 29.1 Å². The van der Waals surface area contributed by atoms with Gasteiger partial charge in [0.05, 0.1) is 15.4 Å². The molecule has 1 aromatic heterocycles. The minimum Gasteiger partial charge on any atom is -0.342 e. The molecule has 1 aromatic carbocycles. The van der Waals surface area contributed by atoms with Crippen LogP contribution in [0, 0.1) is 0 Å². The van der Waals surface area contributed by atoms with Crippen LogP contribution in [0.3, 0.4) is 0 Å². The first-order valence-corrected chi connectivity index (χ1v) is 8.54. The second-order valence-electron chi connectivity index (χ2n) is 4.52. The van der Waals surface area contributed by atoms with Gasteiger partial charge >= 0.3 is 0 Å². The van der Waals surface area contributed by atoms with Gasteiger partial charge in [0.2, 0.25) is 0 Å². The van der Waals surface area contributed by atoms with Gasteiger partial charge < -0.3 is 5.32 Å². The molecule has 1 heterocycles. The summed E-state index contributed by atoms with van der Waals surface area (Å²) in [5.74, 6) is -0.232. The summed E-state index contributed by atoms with van der Waals surface area (Å²) in [6, 6.07) is 11.4. The molecule has 0 saturated carbocycles. The van der Waals surface area contributed by atoms with E-state index in [2.05, 4.69) is 21.2 Å². The Hall–Kier alpha value is -0.550. The second kappa shape index (κ2) is 6.48. The minimum absolute atomic E-state index is 0.232. The Kier molecular flexibility index (Phi) is 5.13. The Morgan fingerprint density at radius 1 is 1.35 bits per heavy atom. The number of rotatable bonds is 4. The van der Waals surface area contributed by atoms with Gasteiger partial charge in [0, 0.05) is 5.33 Å². The maximum absolute atomic E-state index is 12.4. The molecule has 1 unspecified atom stereocenters. The molecule has 0 saturated heterocycles. The predicted molar refractivity (Wildman–Crippen MR) is 89.4 cm³/mol. The van der Waals surface area contributed by atoms with Crippen LogP contribution in [0.1, 0.15) is 22.8 Å². The number of hydrogen-bond acceptors (Lipinski definition) is 2. The van der Waals surface area contributed by atoms with E-state index >= 15 is 0 Å². The van der Waals surface area contributed by atoms with Gasteiger partial charge in [-0.2, -0.15) is 0 Å². The van der Waals surface area contributed by atoms with Crippen molar-refractivity contribution < 1.29 is 4.79 Å². The van der Waals surface area contributed by atoms with E-state index in [1.54, 1.807) is 6.07 Å². The van der Waals surface area contributed by atoms with Crippen LogP contribution >= 0.6 is 50.5 Å². The Balaban J connectivity index is 2.26. The SMILES string of the molecule is CC(CBr)(NC(=O)c1cc(Cl)sc1Cl)c1ccccc1. The van der Waals surface area contributed by atoms with Crippen molar-refractivity contribution in [1.29, 1.82) is 0 Å². The lowest BCUT2D eigenvalue weighted by Crippen LogP contribution is -2.44. The van der Waals surface area contributed by atoms with E-state index in [4.69, 9.17) is 23.2 Å². The molecule has 0 radical (unpaired) electrons. The molecule has 0 aliphatic heterocycles. The number of hydrogen-bond donors (Lipinski definition) is 1. The van der Waals surface area contributed by atoms with Crippen molar-refractivity contribution in [1.82, 2.24) is 5.32 Å². The lowest BCUT2D eigenvalue weighted by molar-refractivity contribution is 0.0915. The van der Waals surface area contributed by atoms with Crippen LogP contribution in [0.2, 0.25) is 8.67 Å². The predicted octanol–water partition coefficient (Wildman–Crippen LogP) is 5.10. The van der Waals surface area contributed by atoms with Gasteiger partial charge in [0.15, 0.2) is 0 Å². The summed E-state index contributed by atoms with van der Waals surface area (Å²) in [6.45, 7) is 1.96. The number of alkyl halides is 1. The molecule has 2 aromatic rings. The average molecular weight is 393 g/mol. The van der Waals surface area contributed by atoms with Crippen molar-refractivity contribution in [3.63, 3.8) is 0 Å². The molecule has 1 amide bonds. The lowest BCUT2D eigenvalue weighted by Gasteiger charge is -2.29. The first-order valence-electron chi connectivity index (χ1n) is 5.85. The highest BCUT2D eigenvalue weighted by Gasteiger charge is 2.29. The fourth-order valence-corrected chi connectivity index (χ4v) is 3.72. The standard InChI is InChI=1S/C14H12BrCl2NOS/c1-14(8-15,9-5-3-2-4-6-9)18-13(19)10-7-11(16)20-12(10)17/h2-7H,8H2,1H3,(H,18,19). The monoisotopic (exact) mass is 391 g/mol. The Bertz CT molecular complexity index is 617. The van der Waals surface area contributed by atoms with Gasteiger partial charge in [-0.3, -0.25) is 4.79 Å². The molecule has 20 heavy (non-hydrogen) atoms. The van der Waals surface area contributed by atoms with Gasteiger partial charge in [0.25, 0.3) is 5.91 Å². The van der Waals surface area contributed by atoms with E-state index in [0.29, 0.717) is 19.6 Å². The van der Waals surface area contributed by atoms with Crippen molar-refractivity contribution in [3.05, 3.63) is 56.2 Å². The highest BCUT2D eigenvalue weighted by atomic mass is 79.9. The summed E-state index contributed by atoms with van der Waals surface area (Å²) in [5.41, 5.74) is 0.906. The fraction of sp³-hybridized carbons (Fsp3) is 0.214. The number of amides is 1. The number of carbonyl (C=O) groups is 1. The quantitative estimate of drug-likeness (QED) is 0.721. The van der Waals surface area contributed by atoms with Gasteiger partial charge in [-0.05, 0) is 18.6 Å². The molecule has 0 fully saturated rings. The van der Waals surface area contributed by atoms with Crippen molar-refractivity contribution in [2.45, 2.75) is 12.5 Å². The highest BCUT2D eigenvalue weighted by molar-refractivity contribution is 9.09. The van der Waals surface area contributed by atoms with Crippen LogP contribution in [0.5, 0.6) is 0 Å². The first-order chi connectivity index (χ1) is 9.46. The average Bonchev–Trinajstić information content (AvgIpc) is 2.78. The Morgan fingerprint density at radius 3 is 2.50 bits per heavy atom. The molecular weight excluding hydrogens is 381 g/mol. The molecule has 1 atom stereocenters. The van der Waals surface area contributed by atoms with Gasteiger partial charge in [-0.25, -0.2) is 0 Å². The van der Waals surface area contributed by atoms with E-state index in [1.165, 1.54) is 11.3 Å². The molecule has 1 N–H and O–H groups in total. The van der Waals surface area contributed by atoms with E-state index in [0.717, 1.165) is 5.56 Å². The zero-order valence-corrected chi connectivity index (χ0v) is 14.5. The maximum Gasteiger partial charge on any atom is 0.254 e. The van der Waals surface area contributed by atoms with Crippen molar-refractivity contribution in [2.24, 2.45) is 0 Å². The van der Waals surface area contributed by atoms with Gasteiger partial charge in [-0.1, -0.05) is 69.5 Å². The van der Waals surface area contributed by atoms with Gasteiger partial charge in [-0.15, -0.1) is 11.3 Å². The largest absolute Gasteiger partial charge is 0.342 e. The molecule has 0 aliphatic carbocycles. The normalized spacial score (nSPS) is 13.8.